The van der Waals surface area contributed by atoms with E-state index in [-0.39, 0.29) is 105 Å². The number of rotatable bonds is 10. The Morgan fingerprint density at radius 3 is 1.28 bits per heavy atom. The molecule has 728 valence electrons. The first-order chi connectivity index (χ1) is 69.7. The molecule has 7 aromatic heterocycles. The minimum atomic E-state index is -0.732. The third-order valence-electron chi connectivity index (χ3n) is 32.8. The molecule has 23 rings (SSSR count). The average Bonchev–Trinajstić information content (AvgIpc) is 0.830. The fraction of sp³-hybridized carbons (Fsp3) is 0.353. The summed E-state index contributed by atoms with van der Waals surface area (Å²) in [6, 6.07) is 48.9. The quantitative estimate of drug-likeness (QED) is 0.0912. The van der Waals surface area contributed by atoms with Crippen molar-refractivity contribution in [3.63, 3.8) is 0 Å². The van der Waals surface area contributed by atoms with Crippen molar-refractivity contribution in [3.8, 4) is 73.8 Å². The molecule has 22 nitrogen and oxygen atoms in total. The molecule has 10 aliphatic rings. The lowest BCUT2D eigenvalue weighted by molar-refractivity contribution is -0.129. The Labute approximate surface area is 840 Å². The molecule has 13 aromatic rings. The maximum Gasteiger partial charge on any atom is 0.226 e. The molecule has 9 aliphatic carbocycles. The highest BCUT2D eigenvalue weighted by molar-refractivity contribution is 6.05. The van der Waals surface area contributed by atoms with E-state index in [1.807, 2.05) is 158 Å². The van der Waals surface area contributed by atoms with Gasteiger partial charge in [0.25, 0.3) is 0 Å². The predicted octanol–water partition coefficient (Wildman–Crippen LogP) is 24.0. The molecule has 1 aliphatic heterocycles. The number of nitrogens with zero attached hydrogens (tertiary/aromatic N) is 17. The van der Waals surface area contributed by atoms with E-state index < -0.39 is 39.2 Å². The molecule has 0 N–H and O–H groups in total. The summed E-state index contributed by atoms with van der Waals surface area (Å²) < 4.78 is 65.7. The topological polar surface area (TPSA) is 243 Å². The zero-order valence-electron chi connectivity index (χ0n) is 83.2. The van der Waals surface area contributed by atoms with Crippen LogP contribution in [0.3, 0.4) is 0 Å². The highest BCUT2D eigenvalue weighted by atomic mass is 19.1. The van der Waals surface area contributed by atoms with Crippen LogP contribution in [0.1, 0.15) is 177 Å². The Morgan fingerprint density at radius 1 is 0.407 bits per heavy atom. The van der Waals surface area contributed by atoms with Crippen molar-refractivity contribution in [2.45, 2.75) is 188 Å². The van der Waals surface area contributed by atoms with Gasteiger partial charge in [0, 0.05) is 154 Å². The second kappa shape index (κ2) is 37.8. The monoisotopic (exact) mass is 1930 g/mol. The van der Waals surface area contributed by atoms with Gasteiger partial charge in [-0.2, -0.15) is 4.98 Å². The van der Waals surface area contributed by atoms with Gasteiger partial charge >= 0.3 is 0 Å². The van der Waals surface area contributed by atoms with Gasteiger partial charge in [-0.1, -0.05) is 185 Å². The van der Waals surface area contributed by atoms with Crippen LogP contribution in [-0.2, 0) is 73.2 Å². The first kappa shape index (κ1) is 97.2. The third-order valence-corrected chi connectivity index (χ3v) is 32.8. The lowest BCUT2D eigenvalue weighted by Crippen LogP contribution is -2.51. The van der Waals surface area contributed by atoms with E-state index >= 15 is 8.78 Å². The molecule has 26 heteroatoms. The SMILES string of the molecule is [C-]#[N+]C1=C[C@@]2(C)c3nc(-c4cc(C)nc5ccccc45)nc(-c4ccccc4F)c3CC[C@@H]2C(C)(C)C1=O.[C-]#[N+]C1=C[C@@]2(C)c3nc(-c4cc(CF)nc5ccccc45)nc(OC4CCCC4)c3CC[C@@H]2[C@@H](C)C1=O.[C-]#[N+]C1=C[C@@]2(C)c3nc(-c4ccnc5ccccc45)nc(-c4ccccc4F)c3CC[C@@H]2C(C)(C)C1=O.[C-]#[N+]C1=C[C@@]2(C)c3nc(N4CCN(C)CC4)nc(-c4ccccc4F)c3CC[C@@H]2[C@@H](C)C1=O. The van der Waals surface area contributed by atoms with Crippen molar-refractivity contribution in [1.82, 2.24) is 59.7 Å². The summed E-state index contributed by atoms with van der Waals surface area (Å²) in [5.74, 6) is 0.593. The summed E-state index contributed by atoms with van der Waals surface area (Å²) in [7, 11) is 2.10. The van der Waals surface area contributed by atoms with Gasteiger partial charge in [0.1, 0.15) is 30.2 Å². The zero-order chi connectivity index (χ0) is 102. The van der Waals surface area contributed by atoms with E-state index in [4.69, 9.17) is 70.9 Å². The van der Waals surface area contributed by atoms with Crippen molar-refractivity contribution in [3.05, 3.63) is 337 Å². The molecule has 0 spiro atoms. The summed E-state index contributed by atoms with van der Waals surface area (Å²) >= 11 is 0. The van der Waals surface area contributed by atoms with Crippen LogP contribution in [0.25, 0.3) is 120 Å². The summed E-state index contributed by atoms with van der Waals surface area (Å²) in [4.78, 5) is 125. The number of para-hydroxylation sites is 3. The number of hydrogen-bond donors (Lipinski definition) is 0. The molecular weight excluding hydrogens is 1820 g/mol. The van der Waals surface area contributed by atoms with Gasteiger partial charge in [-0.15, -0.1) is 0 Å². The van der Waals surface area contributed by atoms with Crippen LogP contribution >= 0.6 is 0 Å². The molecule has 145 heavy (non-hydrogen) atoms. The van der Waals surface area contributed by atoms with Crippen molar-refractivity contribution in [2.24, 2.45) is 46.3 Å². The average molecular weight is 1930 g/mol. The summed E-state index contributed by atoms with van der Waals surface area (Å²) in [5.41, 5.74) is 12.3. The Balaban J connectivity index is 0.000000118. The highest BCUT2D eigenvalue weighted by Crippen LogP contribution is 2.60. The number of Topliss-reactive ketones (excluding diaryl/α,β-unsaturated/α-hetero) is 4. The minimum Gasteiger partial charge on any atom is -0.474 e. The number of hydrogen-bond acceptors (Lipinski definition) is 18. The third kappa shape index (κ3) is 16.7. The van der Waals surface area contributed by atoms with Crippen LogP contribution < -0.4 is 9.64 Å². The van der Waals surface area contributed by atoms with Crippen molar-refractivity contribution in [1.29, 1.82) is 0 Å². The fourth-order valence-electron chi connectivity index (χ4n) is 25.4. The van der Waals surface area contributed by atoms with Crippen molar-refractivity contribution < 1.29 is 41.5 Å². The van der Waals surface area contributed by atoms with Gasteiger partial charge in [-0.25, -0.2) is 76.8 Å². The molecule has 8 heterocycles. The molecule has 2 fully saturated rings. The fourth-order valence-corrected chi connectivity index (χ4v) is 25.4. The molecule has 0 amide bonds. The molecule has 10 atom stereocenters. The van der Waals surface area contributed by atoms with Gasteiger partial charge in [-0.3, -0.25) is 9.97 Å². The van der Waals surface area contributed by atoms with Gasteiger partial charge in [0.05, 0.1) is 88.4 Å². The van der Waals surface area contributed by atoms with E-state index in [1.54, 1.807) is 66.9 Å². The number of alkyl halides is 1. The minimum absolute atomic E-state index is 0.0238. The highest BCUT2D eigenvalue weighted by Gasteiger charge is 2.59. The number of aryl methyl sites for hydroxylation is 1. The Kier molecular flexibility index (Phi) is 25.3. The van der Waals surface area contributed by atoms with Gasteiger partial charge in [0.2, 0.25) is 34.6 Å². The molecule has 1 saturated carbocycles. The molecule has 0 unspecified atom stereocenters. The van der Waals surface area contributed by atoms with E-state index in [2.05, 4.69) is 78.9 Å². The number of ether oxygens (including phenoxy) is 1. The van der Waals surface area contributed by atoms with Crippen LogP contribution in [0.2, 0.25) is 0 Å². The number of carbonyl (C=O) groups is 4. The Bertz CT molecular complexity index is 7920. The number of likely N-dealkylation sites (N-methyl/N-ethyl adjacent to an activating group) is 1. The first-order valence-corrected chi connectivity index (χ1v) is 49.9. The molecule has 6 aromatic carbocycles. The Morgan fingerprint density at radius 2 is 0.800 bits per heavy atom. The maximum absolute atomic E-state index is 15.2. The first-order valence-electron chi connectivity index (χ1n) is 49.9. The number of carbonyl (C=O) groups excluding carboxylic acids is 4. The van der Waals surface area contributed by atoms with Gasteiger partial charge in [0.15, 0.2) is 40.6 Å². The van der Waals surface area contributed by atoms with Crippen LogP contribution in [-0.4, -0.2) is 122 Å². The number of ketones is 4. The predicted molar refractivity (Wildman–Crippen MR) is 550 cm³/mol. The molecular formula is C119H109F4N17O5. The van der Waals surface area contributed by atoms with E-state index in [1.165, 1.54) is 18.2 Å². The van der Waals surface area contributed by atoms with Crippen LogP contribution in [0, 0.1) is 97.0 Å². The second-order valence-electron chi connectivity index (χ2n) is 42.2. The lowest BCUT2D eigenvalue weighted by atomic mass is 9.53. The van der Waals surface area contributed by atoms with Crippen LogP contribution in [0.5, 0.6) is 5.88 Å². The number of allylic oxidation sites excluding steroid dienone is 8. The van der Waals surface area contributed by atoms with Crippen molar-refractivity contribution >= 4 is 61.8 Å². The summed E-state index contributed by atoms with van der Waals surface area (Å²) in [5, 5.41) is 2.65. The summed E-state index contributed by atoms with van der Waals surface area (Å²) in [6.45, 7) is 55.1. The Hall–Kier alpha value is -15.3. The van der Waals surface area contributed by atoms with E-state index in [0.717, 1.165) is 154 Å². The number of halogens is 4. The second-order valence-corrected chi connectivity index (χ2v) is 42.2. The van der Waals surface area contributed by atoms with Gasteiger partial charge in [-0.05, 0) is 187 Å². The molecule has 0 radical (unpaired) electrons. The molecule has 0 bridgehead atoms. The van der Waals surface area contributed by atoms with E-state index in [9.17, 15) is 28.0 Å². The van der Waals surface area contributed by atoms with Crippen LogP contribution in [0.4, 0.5) is 23.5 Å². The number of aromatic nitrogens is 11. The van der Waals surface area contributed by atoms with Gasteiger partial charge < -0.3 is 33.7 Å². The van der Waals surface area contributed by atoms with Crippen LogP contribution in [0.15, 0.2) is 217 Å². The molecule has 1 saturated heterocycles. The number of anilines is 1. The lowest BCUT2D eigenvalue weighted by Gasteiger charge is -2.50. The summed E-state index contributed by atoms with van der Waals surface area (Å²) in [6.07, 6.45) is 18.9. The van der Waals surface area contributed by atoms with E-state index in [0.29, 0.717) is 118 Å². The number of benzene rings is 6. The number of piperazine rings is 1. The standard InChI is InChI=1S/C32H27FN4O.C31H25FN4O.C30H29FN4O2.C26H28FN5O/c1-18-16-22(19-10-7-9-13-24(19)35-18)30-36-27(20-11-6-8-12-23(20)33)21-14-15-26-31(2,3)29(38)25(34-5)17-32(26,4)28(21)37-30;1-30(2)25-14-13-21-26(20-10-5-7-11-22(20)32)35-29(19-15-16-34-23-12-8-6-9-18(19)23)36-27(21)31(25,3)17-24(33-4)28(30)37;1-17-23-13-12-21-27(30(23,2)15-25(32-3)26(17)36)34-28(35-29(21)37-19-8-4-5-9-19)22-14-18(16-31)33-24-11-7-6-10-20(22)24;1-16-19-10-9-18-22(17-7-5-6-8-20(17)27)29-25(32-13-11-31(4)12-14-32)30-24(18)26(19,2)15-21(28-3)23(16)33/h6-13,16-17,26H,14-15H2,1-4H3;5-12,15-17,25H,13-14H2,1-3H3;6-7,10-11,14-15,17,19,23H,4-5,8-9,12-13,16H2,1-2H3;5-8,15-16,19H,9-14H2,1-2,4H3/t26-,32-;25-,31-;17-,23-,30-;16-,19-,26-/m1111/s1. The smallest absolute Gasteiger partial charge is 0.226 e. The normalized spacial score (nSPS) is 24.1. The zero-order valence-corrected chi connectivity index (χ0v) is 83.2. The maximum atomic E-state index is 15.2. The largest absolute Gasteiger partial charge is 0.474 e. The van der Waals surface area contributed by atoms with Crippen molar-refractivity contribution in [2.75, 3.05) is 38.1 Å². The number of fused-ring (bicyclic) bond motifs is 15. The number of pyridine rings is 3.